The summed E-state index contributed by atoms with van der Waals surface area (Å²) in [5.74, 6) is 0.0411. The van der Waals surface area contributed by atoms with Gasteiger partial charge in [0.25, 0.3) is 0 Å². The Morgan fingerprint density at radius 2 is 1.45 bits per heavy atom. The molecule has 0 aliphatic heterocycles. The summed E-state index contributed by atoms with van der Waals surface area (Å²) in [4.78, 5) is 21.8. The number of rotatable bonds is 15. The molecule has 0 aromatic rings. The third kappa shape index (κ3) is 20.1. The molecule has 0 bridgehead atoms. The molecule has 0 fully saturated rings. The van der Waals surface area contributed by atoms with Crippen LogP contribution < -0.4 is 5.32 Å². The van der Waals surface area contributed by atoms with Crippen LogP contribution in [0.1, 0.15) is 26.2 Å². The maximum atomic E-state index is 11.2. The molecule has 0 rings (SSSR count). The zero-order valence-corrected chi connectivity index (χ0v) is 16.2. The Morgan fingerprint density at radius 1 is 0.909 bits per heavy atom. The van der Waals surface area contributed by atoms with Crippen LogP contribution in [-0.2, 0) is 56.5 Å². The summed E-state index contributed by atoms with van der Waals surface area (Å²) in [7, 11) is 0. The molecule has 0 aliphatic rings. The Kier molecular flexibility index (Phi) is 21.2. The molecule has 0 aliphatic carbocycles. The first-order chi connectivity index (χ1) is 10.2. The van der Waals surface area contributed by atoms with E-state index in [2.05, 4.69) is 5.32 Å². The molecule has 0 spiro atoms. The van der Waals surface area contributed by atoms with Crippen molar-refractivity contribution in [1.82, 2.24) is 5.32 Å². The van der Waals surface area contributed by atoms with Crippen molar-refractivity contribution in [2.75, 3.05) is 52.8 Å². The minimum absolute atomic E-state index is 0. The largest absolute Gasteiger partial charge is 0.396 e. The standard InChI is InChI=1S/C14H27NO6.Y/c1-13(17)4-7-19-9-11-21-12-10-20-8-5-15-14(18)3-2-6-16;/h16H,2-12H2,1H3,(H,15,18);. The molecular weight excluding hydrogens is 367 g/mol. The minimum atomic E-state index is -0.0772. The SMILES string of the molecule is CC(=O)CCOCCOCCOCCNC(=O)CCCO.[Y]. The van der Waals surface area contributed by atoms with Gasteiger partial charge in [-0.2, -0.15) is 0 Å². The fraction of sp³-hybridized carbons (Fsp3) is 0.857. The molecule has 0 saturated heterocycles. The van der Waals surface area contributed by atoms with Gasteiger partial charge in [0.05, 0.1) is 39.6 Å². The monoisotopic (exact) mass is 394 g/mol. The summed E-state index contributed by atoms with van der Waals surface area (Å²) in [6.45, 7) is 4.75. The van der Waals surface area contributed by atoms with E-state index >= 15 is 0 Å². The second-order valence-corrected chi connectivity index (χ2v) is 4.47. The Labute approximate surface area is 157 Å². The normalized spacial score (nSPS) is 10.1. The summed E-state index contributed by atoms with van der Waals surface area (Å²) >= 11 is 0. The maximum Gasteiger partial charge on any atom is 0.220 e. The third-order valence-electron chi connectivity index (χ3n) is 2.47. The van der Waals surface area contributed by atoms with E-state index in [4.69, 9.17) is 19.3 Å². The number of hydrogen-bond acceptors (Lipinski definition) is 6. The van der Waals surface area contributed by atoms with Crippen LogP contribution in [0.2, 0.25) is 0 Å². The predicted octanol–water partition coefficient (Wildman–Crippen LogP) is -0.0985. The topological polar surface area (TPSA) is 94.1 Å². The molecule has 1 amide bonds. The van der Waals surface area contributed by atoms with Crippen LogP contribution in [0.25, 0.3) is 0 Å². The van der Waals surface area contributed by atoms with E-state index in [1.807, 2.05) is 0 Å². The predicted molar refractivity (Wildman–Crippen MR) is 77.1 cm³/mol. The number of ether oxygens (including phenoxy) is 3. The van der Waals surface area contributed by atoms with E-state index in [9.17, 15) is 9.59 Å². The van der Waals surface area contributed by atoms with E-state index in [0.717, 1.165) is 0 Å². The smallest absolute Gasteiger partial charge is 0.220 e. The molecule has 22 heavy (non-hydrogen) atoms. The molecule has 0 aromatic carbocycles. The third-order valence-corrected chi connectivity index (χ3v) is 2.47. The van der Waals surface area contributed by atoms with E-state index in [1.165, 1.54) is 6.92 Å². The summed E-state index contributed by atoms with van der Waals surface area (Å²) in [6.07, 6.45) is 1.26. The fourth-order valence-electron chi connectivity index (χ4n) is 1.35. The van der Waals surface area contributed by atoms with Crippen molar-refractivity contribution in [2.24, 2.45) is 0 Å². The molecule has 0 unspecified atom stereocenters. The Morgan fingerprint density at radius 3 is 2.00 bits per heavy atom. The number of hydrogen-bond donors (Lipinski definition) is 2. The molecule has 0 atom stereocenters. The first-order valence-corrected chi connectivity index (χ1v) is 7.27. The van der Waals surface area contributed by atoms with Gasteiger partial charge in [-0.15, -0.1) is 0 Å². The van der Waals surface area contributed by atoms with E-state index in [-0.39, 0.29) is 51.0 Å². The summed E-state index contributed by atoms with van der Waals surface area (Å²) < 4.78 is 15.7. The number of ketones is 1. The van der Waals surface area contributed by atoms with Crippen molar-refractivity contribution >= 4 is 11.7 Å². The number of aliphatic hydroxyl groups excluding tert-OH is 1. The van der Waals surface area contributed by atoms with Crippen LogP contribution in [-0.4, -0.2) is 69.6 Å². The van der Waals surface area contributed by atoms with E-state index in [0.29, 0.717) is 65.4 Å². The number of carbonyl (C=O) groups is 2. The first kappa shape index (κ1) is 24.3. The average molecular weight is 394 g/mol. The molecule has 2 N–H and O–H groups in total. The van der Waals surface area contributed by atoms with Gasteiger partial charge in [-0.05, 0) is 13.3 Å². The van der Waals surface area contributed by atoms with Crippen LogP contribution in [0.15, 0.2) is 0 Å². The van der Waals surface area contributed by atoms with Gasteiger partial charge in [-0.1, -0.05) is 0 Å². The molecule has 0 heterocycles. The van der Waals surface area contributed by atoms with Crippen LogP contribution in [0.4, 0.5) is 0 Å². The molecule has 0 aromatic heterocycles. The number of amides is 1. The number of nitrogens with one attached hydrogen (secondary N) is 1. The minimum Gasteiger partial charge on any atom is -0.396 e. The van der Waals surface area contributed by atoms with Crippen molar-refractivity contribution in [3.05, 3.63) is 0 Å². The summed E-state index contributed by atoms with van der Waals surface area (Å²) in [5, 5.41) is 11.2. The van der Waals surface area contributed by atoms with Gasteiger partial charge in [0.2, 0.25) is 5.91 Å². The average Bonchev–Trinajstić information content (AvgIpc) is 2.45. The Hall–Kier alpha value is 0.0839. The molecule has 8 heteroatoms. The quantitative estimate of drug-likeness (QED) is 0.377. The van der Waals surface area contributed by atoms with Crippen LogP contribution >= 0.6 is 0 Å². The molecular formula is C14H27NO6Y. The van der Waals surface area contributed by atoms with E-state index < -0.39 is 0 Å². The van der Waals surface area contributed by atoms with Crippen molar-refractivity contribution in [3.63, 3.8) is 0 Å². The number of aliphatic hydroxyl groups is 1. The molecule has 127 valence electrons. The van der Waals surface area contributed by atoms with E-state index in [1.54, 1.807) is 0 Å². The van der Waals surface area contributed by atoms with Crippen LogP contribution in [0.5, 0.6) is 0 Å². The molecule has 1 radical (unpaired) electrons. The summed E-state index contributed by atoms with van der Waals surface area (Å²) in [6, 6.07) is 0. The van der Waals surface area contributed by atoms with Crippen molar-refractivity contribution in [1.29, 1.82) is 0 Å². The second-order valence-electron chi connectivity index (χ2n) is 4.47. The second kappa shape index (κ2) is 19.1. The van der Waals surface area contributed by atoms with Crippen LogP contribution in [0.3, 0.4) is 0 Å². The zero-order chi connectivity index (χ0) is 15.8. The zero-order valence-electron chi connectivity index (χ0n) is 13.3. The number of Topliss-reactive ketones (excluding diaryl/α,β-unsaturated/α-hetero) is 1. The Balaban J connectivity index is 0. The Bertz CT molecular complexity index is 278. The molecule has 0 saturated carbocycles. The fourth-order valence-corrected chi connectivity index (χ4v) is 1.35. The van der Waals surface area contributed by atoms with Gasteiger partial charge in [0.15, 0.2) is 0 Å². The van der Waals surface area contributed by atoms with Gasteiger partial charge >= 0.3 is 0 Å². The maximum absolute atomic E-state index is 11.2. The van der Waals surface area contributed by atoms with Gasteiger partial charge in [0.1, 0.15) is 5.78 Å². The van der Waals surface area contributed by atoms with Crippen molar-refractivity contribution in [3.8, 4) is 0 Å². The van der Waals surface area contributed by atoms with Crippen molar-refractivity contribution < 1.29 is 61.6 Å². The summed E-state index contributed by atoms with van der Waals surface area (Å²) in [5.41, 5.74) is 0. The van der Waals surface area contributed by atoms with Gasteiger partial charge < -0.3 is 24.6 Å². The van der Waals surface area contributed by atoms with Crippen molar-refractivity contribution in [2.45, 2.75) is 26.2 Å². The van der Waals surface area contributed by atoms with Crippen LogP contribution in [0, 0.1) is 0 Å². The molecule has 7 nitrogen and oxygen atoms in total. The number of carbonyl (C=O) groups excluding carboxylic acids is 2. The van der Waals surface area contributed by atoms with Gasteiger partial charge in [0, 0.05) is 58.7 Å². The first-order valence-electron chi connectivity index (χ1n) is 7.27. The van der Waals surface area contributed by atoms with Gasteiger partial charge in [-0.25, -0.2) is 0 Å². The van der Waals surface area contributed by atoms with Gasteiger partial charge in [-0.3, -0.25) is 9.59 Å².